The number of hydrogen-bond acceptors (Lipinski definition) is 6. The number of anilines is 1. The molecule has 1 N–H and O–H groups in total. The van der Waals surface area contributed by atoms with E-state index in [2.05, 4.69) is 16.3 Å². The molecule has 1 aliphatic rings. The van der Waals surface area contributed by atoms with Crippen molar-refractivity contribution in [3.8, 4) is 17.0 Å². The second-order valence-corrected chi connectivity index (χ2v) is 12.6. The van der Waals surface area contributed by atoms with Gasteiger partial charge >= 0.3 is 0 Å². The van der Waals surface area contributed by atoms with Crippen LogP contribution in [0.2, 0.25) is 0 Å². The van der Waals surface area contributed by atoms with Crippen LogP contribution in [0.1, 0.15) is 48.7 Å². The van der Waals surface area contributed by atoms with Gasteiger partial charge in [0.05, 0.1) is 35.9 Å². The minimum Gasteiger partial charge on any atom is -0.496 e. The lowest BCUT2D eigenvalue weighted by Crippen LogP contribution is -2.36. The Balaban J connectivity index is 1.31. The highest BCUT2D eigenvalue weighted by atomic mass is 16.6. The molecular weight excluding hydrogens is 632 g/mol. The summed E-state index contributed by atoms with van der Waals surface area (Å²) >= 11 is 0. The predicted molar refractivity (Wildman–Crippen MR) is 191 cm³/mol. The molecule has 3 heterocycles. The predicted octanol–water partition coefficient (Wildman–Crippen LogP) is 7.15. The first kappa shape index (κ1) is 32.3. The maximum atomic E-state index is 14.7. The van der Waals surface area contributed by atoms with Crippen molar-refractivity contribution in [2.45, 2.75) is 33.4 Å². The second kappa shape index (κ2) is 13.0. The van der Waals surface area contributed by atoms with Gasteiger partial charge in [-0.1, -0.05) is 36.4 Å². The van der Waals surface area contributed by atoms with E-state index in [0.717, 1.165) is 39.8 Å². The van der Waals surface area contributed by atoms with Crippen molar-refractivity contribution in [3.63, 3.8) is 0 Å². The summed E-state index contributed by atoms with van der Waals surface area (Å²) < 4.78 is 7.39. The summed E-state index contributed by atoms with van der Waals surface area (Å²) in [5, 5.41) is 20.0. The number of aromatic amines is 1. The fourth-order valence-electron chi connectivity index (χ4n) is 6.80. The third kappa shape index (κ3) is 5.76. The van der Waals surface area contributed by atoms with Crippen LogP contribution >= 0.6 is 0 Å². The minimum absolute atomic E-state index is 0.143. The number of hydrogen-bond donors (Lipinski definition) is 1. The topological polar surface area (TPSA) is 127 Å². The zero-order chi connectivity index (χ0) is 35.1. The molecule has 2 amide bonds. The number of nitrogens with zero attached hydrogens (tertiary/aromatic N) is 5. The molecule has 0 bridgehead atoms. The van der Waals surface area contributed by atoms with Crippen LogP contribution < -0.4 is 9.64 Å². The Bertz CT molecular complexity index is 2300. The minimum atomic E-state index is -0.472. The maximum Gasteiger partial charge on any atom is 0.270 e. The van der Waals surface area contributed by atoms with Crippen molar-refractivity contribution >= 4 is 34.1 Å². The van der Waals surface area contributed by atoms with Crippen LogP contribution in [0.5, 0.6) is 5.75 Å². The van der Waals surface area contributed by atoms with Crippen LogP contribution in [0.4, 0.5) is 11.4 Å². The van der Waals surface area contributed by atoms with Crippen LogP contribution in [-0.2, 0) is 26.6 Å². The molecule has 50 heavy (non-hydrogen) atoms. The number of aromatic nitrogens is 3. The van der Waals surface area contributed by atoms with Crippen molar-refractivity contribution in [2.24, 2.45) is 7.05 Å². The molecule has 0 saturated heterocycles. The zero-order valence-electron chi connectivity index (χ0n) is 28.3. The van der Waals surface area contributed by atoms with Crippen LogP contribution in [0, 0.1) is 24.0 Å². The average molecular weight is 669 g/mol. The standard InChI is InChI=1S/C39H36N6O5/c1-24-28(10-7-11-37(24)50-4)23-44(30-13-12-27-21-40-41-35(27)19-30)39(47)33-20-36(42(3)25(33)2)34-18-31(45(48)49)14-15-32(34)38(46)43-17-16-26-8-5-6-9-29(26)22-43/h5-15,18-21H,16-17,22-23H2,1-4H3,(H,40,41). The van der Waals surface area contributed by atoms with Gasteiger partial charge in [0.25, 0.3) is 17.5 Å². The van der Waals surface area contributed by atoms with Gasteiger partial charge in [0.1, 0.15) is 5.75 Å². The smallest absolute Gasteiger partial charge is 0.270 e. The lowest BCUT2D eigenvalue weighted by Gasteiger charge is -2.29. The SMILES string of the molecule is COc1cccc(CN(C(=O)c2cc(-c3cc([N+](=O)[O-])ccc3C(=O)N3CCc4ccccc4C3)n(C)c2C)c2ccc3cn[nH]c3c2)c1C. The number of ether oxygens (including phenoxy) is 1. The molecule has 0 radical (unpaired) electrons. The van der Waals surface area contributed by atoms with Gasteiger partial charge in [-0.05, 0) is 78.9 Å². The molecule has 11 nitrogen and oxygen atoms in total. The Kier molecular flexibility index (Phi) is 8.40. The van der Waals surface area contributed by atoms with E-state index in [1.165, 1.54) is 23.8 Å². The normalized spacial score (nSPS) is 12.5. The number of nitro groups is 1. The molecule has 4 aromatic carbocycles. The van der Waals surface area contributed by atoms with E-state index in [1.807, 2.05) is 73.0 Å². The van der Waals surface area contributed by atoms with Gasteiger partial charge in [0.15, 0.2) is 0 Å². The monoisotopic (exact) mass is 668 g/mol. The largest absolute Gasteiger partial charge is 0.496 e. The quantitative estimate of drug-likeness (QED) is 0.136. The Labute approximate surface area is 288 Å². The zero-order valence-corrected chi connectivity index (χ0v) is 28.3. The molecule has 1 aliphatic heterocycles. The molecule has 7 rings (SSSR count). The first-order valence-electron chi connectivity index (χ1n) is 16.3. The van der Waals surface area contributed by atoms with Gasteiger partial charge in [0.2, 0.25) is 0 Å². The Morgan fingerprint density at radius 3 is 2.56 bits per heavy atom. The van der Waals surface area contributed by atoms with Crippen LogP contribution in [0.25, 0.3) is 22.2 Å². The Morgan fingerprint density at radius 2 is 1.78 bits per heavy atom. The van der Waals surface area contributed by atoms with E-state index in [1.54, 1.807) is 36.2 Å². The average Bonchev–Trinajstić information content (AvgIpc) is 3.73. The molecule has 252 valence electrons. The van der Waals surface area contributed by atoms with Crippen molar-refractivity contribution in [1.29, 1.82) is 0 Å². The number of methoxy groups -OCH3 is 1. The second-order valence-electron chi connectivity index (χ2n) is 12.6. The highest BCUT2D eigenvalue weighted by Crippen LogP contribution is 2.35. The fraction of sp³-hybridized carbons (Fsp3) is 0.205. The summed E-state index contributed by atoms with van der Waals surface area (Å²) in [5.74, 6) is 0.229. The van der Waals surface area contributed by atoms with Crippen LogP contribution in [0.15, 0.2) is 91.1 Å². The van der Waals surface area contributed by atoms with Gasteiger partial charge in [-0.3, -0.25) is 24.8 Å². The Hall–Kier alpha value is -6.23. The molecule has 11 heteroatoms. The van der Waals surface area contributed by atoms with Crippen LogP contribution in [-0.4, -0.2) is 50.1 Å². The molecule has 6 aromatic rings. The lowest BCUT2D eigenvalue weighted by molar-refractivity contribution is -0.384. The number of nitro benzene ring substituents is 1. The van der Waals surface area contributed by atoms with Crippen molar-refractivity contribution in [2.75, 3.05) is 18.6 Å². The van der Waals surface area contributed by atoms with E-state index < -0.39 is 4.92 Å². The van der Waals surface area contributed by atoms with Crippen molar-refractivity contribution < 1.29 is 19.2 Å². The highest BCUT2D eigenvalue weighted by molar-refractivity contribution is 6.09. The van der Waals surface area contributed by atoms with E-state index in [4.69, 9.17) is 4.74 Å². The van der Waals surface area contributed by atoms with E-state index in [-0.39, 0.29) is 24.0 Å². The molecule has 0 atom stereocenters. The molecule has 0 aliphatic carbocycles. The summed E-state index contributed by atoms with van der Waals surface area (Å²) in [6.45, 7) is 5.02. The Morgan fingerprint density at radius 1 is 0.980 bits per heavy atom. The third-order valence-corrected chi connectivity index (χ3v) is 9.83. The molecule has 0 saturated carbocycles. The number of carbonyl (C=O) groups excluding carboxylic acids is 2. The summed E-state index contributed by atoms with van der Waals surface area (Å²) in [6, 6.07) is 25.5. The lowest BCUT2D eigenvalue weighted by atomic mass is 9.97. The number of carbonyl (C=O) groups is 2. The first-order chi connectivity index (χ1) is 24.1. The van der Waals surface area contributed by atoms with Crippen molar-refractivity contribution in [1.82, 2.24) is 19.7 Å². The number of benzene rings is 4. The molecule has 0 unspecified atom stereocenters. The number of amides is 2. The number of H-pyrrole nitrogens is 1. The van der Waals surface area contributed by atoms with Gasteiger partial charge < -0.3 is 19.1 Å². The summed E-state index contributed by atoms with van der Waals surface area (Å²) in [7, 11) is 3.42. The third-order valence-electron chi connectivity index (χ3n) is 9.83. The van der Waals surface area contributed by atoms with Gasteiger partial charge in [0, 0.05) is 65.9 Å². The number of nitrogens with one attached hydrogen (secondary N) is 1. The summed E-state index contributed by atoms with van der Waals surface area (Å²) in [6.07, 6.45) is 2.45. The summed E-state index contributed by atoms with van der Waals surface area (Å²) in [4.78, 5) is 43.9. The van der Waals surface area contributed by atoms with Gasteiger partial charge in [-0.15, -0.1) is 0 Å². The number of rotatable bonds is 8. The van der Waals surface area contributed by atoms with E-state index in [0.29, 0.717) is 46.9 Å². The highest BCUT2D eigenvalue weighted by Gasteiger charge is 2.29. The molecule has 2 aromatic heterocycles. The van der Waals surface area contributed by atoms with Crippen molar-refractivity contribution in [3.05, 3.63) is 140 Å². The van der Waals surface area contributed by atoms with E-state index >= 15 is 0 Å². The van der Waals surface area contributed by atoms with E-state index in [9.17, 15) is 19.7 Å². The first-order valence-corrected chi connectivity index (χ1v) is 16.3. The molecular formula is C39H36N6O5. The van der Waals surface area contributed by atoms with Gasteiger partial charge in [-0.25, -0.2) is 0 Å². The molecule has 0 spiro atoms. The maximum absolute atomic E-state index is 14.7. The number of non-ortho nitro benzene ring substituents is 1. The molecule has 0 fully saturated rings. The van der Waals surface area contributed by atoms with Crippen LogP contribution in [0.3, 0.4) is 0 Å². The van der Waals surface area contributed by atoms with Gasteiger partial charge in [-0.2, -0.15) is 5.10 Å². The number of fused-ring (bicyclic) bond motifs is 2. The fourth-order valence-corrected chi connectivity index (χ4v) is 6.80. The summed E-state index contributed by atoms with van der Waals surface area (Å²) in [5.41, 5.74) is 7.73.